The van der Waals surface area contributed by atoms with Gasteiger partial charge in [-0.05, 0) is 11.6 Å². The topological polar surface area (TPSA) is 52.4 Å². The van der Waals surface area contributed by atoms with Gasteiger partial charge >= 0.3 is 0 Å². The molecule has 2 rings (SSSR count). The Morgan fingerprint density at radius 2 is 1.89 bits per heavy atom. The van der Waals surface area contributed by atoms with Crippen LogP contribution < -0.4 is 0 Å². The number of nitro groups is 1. The maximum atomic E-state index is 13.6. The summed E-state index contributed by atoms with van der Waals surface area (Å²) < 4.78 is 44.7. The van der Waals surface area contributed by atoms with Crippen molar-refractivity contribution in [1.82, 2.24) is 0 Å². The molecule has 2 atom stereocenters. The van der Waals surface area contributed by atoms with Crippen molar-refractivity contribution in [1.29, 1.82) is 0 Å². The Morgan fingerprint density at radius 3 is 2.53 bits per heavy atom. The van der Waals surface area contributed by atoms with Crippen LogP contribution in [0.25, 0.3) is 0 Å². The predicted octanol–water partition coefficient (Wildman–Crippen LogP) is 2.77. The van der Waals surface area contributed by atoms with Gasteiger partial charge in [0.1, 0.15) is 5.82 Å². The fraction of sp³-hybridized carbons (Fsp3) is 0.333. The molecule has 1 heterocycles. The number of nitrogens with zero attached hydrogens (tertiary/aromatic N) is 1. The average Bonchev–Trinajstić information content (AvgIpc) is 2.34. The lowest BCUT2D eigenvalue weighted by Crippen LogP contribution is -2.35. The minimum Gasteiger partial charge on any atom is -0.362 e. The van der Waals surface area contributed by atoms with Crippen molar-refractivity contribution < 1.29 is 22.8 Å². The van der Waals surface area contributed by atoms with Gasteiger partial charge in [-0.3, -0.25) is 10.1 Å². The Balaban J connectivity index is 2.41. The van der Waals surface area contributed by atoms with Crippen LogP contribution in [0, 0.1) is 27.6 Å². The van der Waals surface area contributed by atoms with E-state index in [2.05, 4.69) is 6.58 Å². The zero-order chi connectivity index (χ0) is 14.2. The molecule has 0 aromatic heterocycles. The zero-order valence-electron chi connectivity index (χ0n) is 9.74. The molecule has 2 unspecified atom stereocenters. The molecule has 0 saturated carbocycles. The molecule has 0 spiro atoms. The molecule has 102 valence electrons. The SMILES string of the molecule is C=C1COC(c2cc(F)c(F)cc2F)C([N+](=O)[O-])C1. The summed E-state index contributed by atoms with van der Waals surface area (Å²) in [7, 11) is 0. The van der Waals surface area contributed by atoms with Crippen LogP contribution in [0.5, 0.6) is 0 Å². The fourth-order valence-corrected chi connectivity index (χ4v) is 2.02. The van der Waals surface area contributed by atoms with Gasteiger partial charge in [-0.25, -0.2) is 13.2 Å². The quantitative estimate of drug-likeness (QED) is 0.360. The Hall–Kier alpha value is -1.89. The molecule has 1 aliphatic heterocycles. The van der Waals surface area contributed by atoms with E-state index in [4.69, 9.17) is 4.74 Å². The second kappa shape index (κ2) is 5.00. The van der Waals surface area contributed by atoms with Crippen LogP contribution in [0.4, 0.5) is 13.2 Å². The van der Waals surface area contributed by atoms with Gasteiger partial charge in [0, 0.05) is 23.0 Å². The molecule has 7 heteroatoms. The summed E-state index contributed by atoms with van der Waals surface area (Å²) in [6, 6.07) is -0.311. The molecule has 1 fully saturated rings. The van der Waals surface area contributed by atoms with Crippen LogP contribution in [0.3, 0.4) is 0 Å². The highest BCUT2D eigenvalue weighted by molar-refractivity contribution is 5.25. The van der Waals surface area contributed by atoms with E-state index in [1.807, 2.05) is 0 Å². The van der Waals surface area contributed by atoms with E-state index in [0.717, 1.165) is 0 Å². The number of halogens is 3. The zero-order valence-corrected chi connectivity index (χ0v) is 9.74. The minimum atomic E-state index is -1.35. The highest BCUT2D eigenvalue weighted by Crippen LogP contribution is 2.34. The molecule has 1 aromatic carbocycles. The Kier molecular flexibility index (Phi) is 3.57. The average molecular weight is 273 g/mol. The van der Waals surface area contributed by atoms with Crippen LogP contribution in [0.1, 0.15) is 18.1 Å². The van der Waals surface area contributed by atoms with Crippen molar-refractivity contribution >= 4 is 0 Å². The molecule has 0 N–H and O–H groups in total. The second-order valence-corrected chi connectivity index (χ2v) is 4.33. The molecule has 1 saturated heterocycles. The van der Waals surface area contributed by atoms with Crippen molar-refractivity contribution in [2.75, 3.05) is 6.61 Å². The van der Waals surface area contributed by atoms with Gasteiger partial charge in [0.2, 0.25) is 6.04 Å². The van der Waals surface area contributed by atoms with Gasteiger partial charge in [-0.1, -0.05) is 6.58 Å². The summed E-state index contributed by atoms with van der Waals surface area (Å²) in [6.45, 7) is 3.59. The van der Waals surface area contributed by atoms with Crippen LogP contribution >= 0.6 is 0 Å². The Morgan fingerprint density at radius 1 is 1.26 bits per heavy atom. The number of hydrogen-bond acceptors (Lipinski definition) is 3. The first-order chi connectivity index (χ1) is 8.90. The first-order valence-electron chi connectivity index (χ1n) is 5.46. The second-order valence-electron chi connectivity index (χ2n) is 4.33. The maximum absolute atomic E-state index is 13.6. The number of rotatable bonds is 2. The third kappa shape index (κ3) is 2.60. The van der Waals surface area contributed by atoms with E-state index in [-0.39, 0.29) is 18.6 Å². The number of ether oxygens (including phenoxy) is 1. The number of benzene rings is 1. The van der Waals surface area contributed by atoms with E-state index in [0.29, 0.717) is 17.7 Å². The highest BCUT2D eigenvalue weighted by atomic mass is 19.2. The van der Waals surface area contributed by atoms with Crippen molar-refractivity contribution in [3.63, 3.8) is 0 Å². The first-order valence-corrected chi connectivity index (χ1v) is 5.46. The number of hydrogen-bond donors (Lipinski definition) is 0. The molecule has 4 nitrogen and oxygen atoms in total. The van der Waals surface area contributed by atoms with Crippen LogP contribution in [-0.2, 0) is 4.74 Å². The van der Waals surface area contributed by atoms with E-state index in [9.17, 15) is 23.3 Å². The predicted molar refractivity (Wildman–Crippen MR) is 59.5 cm³/mol. The lowest BCUT2D eigenvalue weighted by atomic mass is 9.94. The van der Waals surface area contributed by atoms with Gasteiger partial charge in [0.05, 0.1) is 6.61 Å². The van der Waals surface area contributed by atoms with Crippen LogP contribution in [0.2, 0.25) is 0 Å². The molecule has 0 radical (unpaired) electrons. The molecule has 19 heavy (non-hydrogen) atoms. The molecule has 1 aromatic rings. The molecule has 0 aliphatic carbocycles. The smallest absolute Gasteiger partial charge is 0.246 e. The molecule has 0 amide bonds. The summed E-state index contributed by atoms with van der Waals surface area (Å²) in [5, 5.41) is 10.9. The van der Waals surface area contributed by atoms with Gasteiger partial charge in [0.15, 0.2) is 17.7 Å². The van der Waals surface area contributed by atoms with Gasteiger partial charge in [-0.15, -0.1) is 0 Å². The summed E-state index contributed by atoms with van der Waals surface area (Å²) >= 11 is 0. The normalized spacial score (nSPS) is 23.4. The summed E-state index contributed by atoms with van der Waals surface area (Å²) in [6.07, 6.45) is -1.24. The van der Waals surface area contributed by atoms with E-state index >= 15 is 0 Å². The molecular formula is C12H10F3NO3. The lowest BCUT2D eigenvalue weighted by molar-refractivity contribution is -0.539. The van der Waals surface area contributed by atoms with Crippen molar-refractivity contribution in [2.24, 2.45) is 0 Å². The summed E-state index contributed by atoms with van der Waals surface area (Å²) in [5.74, 6) is -3.69. The van der Waals surface area contributed by atoms with Crippen molar-refractivity contribution in [3.05, 3.63) is 57.4 Å². The highest BCUT2D eigenvalue weighted by Gasteiger charge is 2.39. The van der Waals surface area contributed by atoms with E-state index in [1.165, 1.54) is 0 Å². The lowest BCUT2D eigenvalue weighted by Gasteiger charge is -2.27. The molecule has 0 bridgehead atoms. The fourth-order valence-electron chi connectivity index (χ4n) is 2.02. The third-order valence-electron chi connectivity index (χ3n) is 2.93. The minimum absolute atomic E-state index is 0.0100. The molecule has 1 aliphatic rings. The maximum Gasteiger partial charge on any atom is 0.246 e. The first kappa shape index (κ1) is 13.5. The van der Waals surface area contributed by atoms with Gasteiger partial charge in [-0.2, -0.15) is 0 Å². The van der Waals surface area contributed by atoms with E-state index < -0.39 is 34.5 Å². The van der Waals surface area contributed by atoms with Gasteiger partial charge in [0.25, 0.3) is 0 Å². The van der Waals surface area contributed by atoms with Crippen LogP contribution in [-0.4, -0.2) is 17.6 Å². The van der Waals surface area contributed by atoms with Crippen LogP contribution in [0.15, 0.2) is 24.3 Å². The third-order valence-corrected chi connectivity index (χ3v) is 2.93. The summed E-state index contributed by atoms with van der Waals surface area (Å²) in [4.78, 5) is 10.3. The van der Waals surface area contributed by atoms with Crippen molar-refractivity contribution in [2.45, 2.75) is 18.6 Å². The van der Waals surface area contributed by atoms with Gasteiger partial charge < -0.3 is 4.74 Å². The van der Waals surface area contributed by atoms with Crippen molar-refractivity contribution in [3.8, 4) is 0 Å². The Labute approximate surface area is 106 Å². The standard InChI is InChI=1S/C12H10F3NO3/c1-6-2-11(16(17)18)12(19-5-6)7-3-9(14)10(15)4-8(7)13/h3-4,11-12H,1-2,5H2. The molecular weight excluding hydrogens is 263 g/mol. The van der Waals surface area contributed by atoms with E-state index in [1.54, 1.807) is 0 Å². The monoisotopic (exact) mass is 273 g/mol. The summed E-state index contributed by atoms with van der Waals surface area (Å²) in [5.41, 5.74) is 0.147. The largest absolute Gasteiger partial charge is 0.362 e. The Bertz CT molecular complexity index is 547.